The third kappa shape index (κ3) is 1.66. The molecule has 5 nitrogen and oxygen atoms in total. The first-order valence-corrected chi connectivity index (χ1v) is 3.79. The van der Waals surface area contributed by atoms with Crippen molar-refractivity contribution in [3.05, 3.63) is 0 Å². The molecule has 12 heavy (non-hydrogen) atoms. The highest BCUT2D eigenvalue weighted by Crippen LogP contribution is 2.35. The van der Waals surface area contributed by atoms with E-state index in [4.69, 9.17) is 5.11 Å². The molecule has 0 unspecified atom stereocenters. The number of hydrogen-bond acceptors (Lipinski definition) is 3. The van der Waals surface area contributed by atoms with Gasteiger partial charge in [-0.05, 0) is 19.8 Å². The van der Waals surface area contributed by atoms with E-state index in [-0.39, 0.29) is 6.61 Å². The first-order chi connectivity index (χ1) is 5.60. The summed E-state index contributed by atoms with van der Waals surface area (Å²) in [5.74, 6) is -0.990. The smallest absolute Gasteiger partial charge is 0.408 e. The lowest BCUT2D eigenvalue weighted by Gasteiger charge is -2.11. The molecule has 0 aliphatic heterocycles. The maximum Gasteiger partial charge on any atom is 0.408 e. The predicted molar refractivity (Wildman–Crippen MR) is 39.8 cm³/mol. The van der Waals surface area contributed by atoms with E-state index in [1.165, 1.54) is 0 Å². The number of carboxylic acids is 1. The third-order valence-electron chi connectivity index (χ3n) is 1.78. The zero-order chi connectivity index (χ0) is 9.19. The number of nitrogens with one attached hydrogen (secondary N) is 1. The van der Waals surface area contributed by atoms with Gasteiger partial charge < -0.3 is 15.2 Å². The number of carbonyl (C=O) groups excluding carboxylic acids is 1. The molecule has 1 aliphatic rings. The Morgan fingerprint density at radius 2 is 2.17 bits per heavy atom. The van der Waals surface area contributed by atoms with E-state index in [0.717, 1.165) is 0 Å². The minimum absolute atomic E-state index is 0.252. The second-order valence-electron chi connectivity index (χ2n) is 2.73. The molecule has 0 aromatic carbocycles. The molecule has 0 spiro atoms. The number of carboxylic acid groups (broad SMARTS) is 1. The normalized spacial score (nSPS) is 18.1. The van der Waals surface area contributed by atoms with Crippen molar-refractivity contribution in [3.63, 3.8) is 0 Å². The topological polar surface area (TPSA) is 75.6 Å². The first-order valence-electron chi connectivity index (χ1n) is 3.79. The second-order valence-corrected chi connectivity index (χ2v) is 2.73. The van der Waals surface area contributed by atoms with Gasteiger partial charge in [0.05, 0.1) is 6.61 Å². The Morgan fingerprint density at radius 1 is 1.58 bits per heavy atom. The standard InChI is InChI=1S/C7H11NO4/c1-2-12-6(11)8-7(3-4-7)5(9)10/h2-4H2,1H3,(H,8,11)(H,9,10). The van der Waals surface area contributed by atoms with Gasteiger partial charge in [-0.2, -0.15) is 0 Å². The summed E-state index contributed by atoms with van der Waals surface area (Å²) in [6.45, 7) is 1.92. The molecule has 0 radical (unpaired) electrons. The molecule has 68 valence electrons. The van der Waals surface area contributed by atoms with Crippen molar-refractivity contribution >= 4 is 12.1 Å². The molecule has 0 bridgehead atoms. The van der Waals surface area contributed by atoms with Crippen LogP contribution in [-0.4, -0.2) is 29.3 Å². The van der Waals surface area contributed by atoms with E-state index in [2.05, 4.69) is 10.1 Å². The van der Waals surface area contributed by atoms with E-state index >= 15 is 0 Å². The van der Waals surface area contributed by atoms with Crippen LogP contribution in [0.1, 0.15) is 19.8 Å². The van der Waals surface area contributed by atoms with Gasteiger partial charge in [0.1, 0.15) is 5.54 Å². The average molecular weight is 173 g/mol. The summed E-state index contributed by atoms with van der Waals surface area (Å²) in [7, 11) is 0. The molecular weight excluding hydrogens is 162 g/mol. The Hall–Kier alpha value is -1.26. The molecule has 2 N–H and O–H groups in total. The Labute approximate surface area is 69.7 Å². The van der Waals surface area contributed by atoms with Gasteiger partial charge in [-0.3, -0.25) is 0 Å². The molecule has 5 heteroatoms. The quantitative estimate of drug-likeness (QED) is 0.645. The summed E-state index contributed by atoms with van der Waals surface area (Å²) >= 11 is 0. The first kappa shape index (κ1) is 8.83. The number of aliphatic carboxylic acids is 1. The van der Waals surface area contributed by atoms with Gasteiger partial charge in [-0.25, -0.2) is 9.59 Å². The van der Waals surface area contributed by atoms with Crippen LogP contribution in [-0.2, 0) is 9.53 Å². The van der Waals surface area contributed by atoms with Gasteiger partial charge in [-0.1, -0.05) is 0 Å². The van der Waals surface area contributed by atoms with Gasteiger partial charge >= 0.3 is 12.1 Å². The number of rotatable bonds is 3. The molecule has 0 atom stereocenters. The number of amides is 1. The fourth-order valence-electron chi connectivity index (χ4n) is 0.880. The zero-order valence-corrected chi connectivity index (χ0v) is 6.79. The molecule has 0 aromatic heterocycles. The molecule has 1 rings (SSSR count). The van der Waals surface area contributed by atoms with Gasteiger partial charge in [0.25, 0.3) is 0 Å². The lowest BCUT2D eigenvalue weighted by molar-refractivity contribution is -0.140. The fraction of sp³-hybridized carbons (Fsp3) is 0.714. The van der Waals surface area contributed by atoms with Crippen LogP contribution in [0.25, 0.3) is 0 Å². The molecule has 1 amide bonds. The monoisotopic (exact) mass is 173 g/mol. The van der Waals surface area contributed by atoms with Gasteiger partial charge in [-0.15, -0.1) is 0 Å². The van der Waals surface area contributed by atoms with Crippen LogP contribution in [0, 0.1) is 0 Å². The summed E-state index contributed by atoms with van der Waals surface area (Å²) < 4.78 is 4.55. The molecule has 0 saturated heterocycles. The SMILES string of the molecule is CCOC(=O)NC1(C(=O)O)CC1. The molecule has 0 heterocycles. The maximum atomic E-state index is 10.8. The van der Waals surface area contributed by atoms with Crippen LogP contribution in [0.4, 0.5) is 4.79 Å². The number of carbonyl (C=O) groups is 2. The van der Waals surface area contributed by atoms with Crippen LogP contribution >= 0.6 is 0 Å². The van der Waals surface area contributed by atoms with Gasteiger partial charge in [0.2, 0.25) is 0 Å². The number of ether oxygens (including phenoxy) is 1. The summed E-state index contributed by atoms with van der Waals surface area (Å²) in [5, 5.41) is 11.0. The van der Waals surface area contributed by atoms with Crippen LogP contribution in [0.15, 0.2) is 0 Å². The van der Waals surface area contributed by atoms with Crippen molar-refractivity contribution in [1.29, 1.82) is 0 Å². The fourth-order valence-corrected chi connectivity index (χ4v) is 0.880. The van der Waals surface area contributed by atoms with E-state index < -0.39 is 17.6 Å². The Balaban J connectivity index is 2.40. The molecular formula is C7H11NO4. The zero-order valence-electron chi connectivity index (χ0n) is 6.79. The molecule has 0 aromatic rings. The van der Waals surface area contributed by atoms with Crippen LogP contribution in [0.3, 0.4) is 0 Å². The average Bonchev–Trinajstić information content (AvgIpc) is 2.69. The van der Waals surface area contributed by atoms with E-state index in [1.54, 1.807) is 6.92 Å². The number of hydrogen-bond donors (Lipinski definition) is 2. The van der Waals surface area contributed by atoms with Crippen LogP contribution in [0.5, 0.6) is 0 Å². The third-order valence-corrected chi connectivity index (χ3v) is 1.78. The lowest BCUT2D eigenvalue weighted by Crippen LogP contribution is -2.43. The van der Waals surface area contributed by atoms with Crippen LogP contribution < -0.4 is 5.32 Å². The molecule has 1 saturated carbocycles. The predicted octanol–water partition coefficient (Wildman–Crippen LogP) is 0.350. The van der Waals surface area contributed by atoms with Crippen molar-refractivity contribution in [1.82, 2.24) is 5.32 Å². The minimum Gasteiger partial charge on any atom is -0.480 e. The van der Waals surface area contributed by atoms with Crippen molar-refractivity contribution < 1.29 is 19.4 Å². The Morgan fingerprint density at radius 3 is 2.50 bits per heavy atom. The maximum absolute atomic E-state index is 10.8. The highest BCUT2D eigenvalue weighted by Gasteiger charge is 2.52. The van der Waals surface area contributed by atoms with Crippen LogP contribution in [0.2, 0.25) is 0 Å². The Kier molecular flexibility index (Phi) is 2.21. The van der Waals surface area contributed by atoms with Gasteiger partial charge in [0, 0.05) is 0 Å². The van der Waals surface area contributed by atoms with E-state index in [9.17, 15) is 9.59 Å². The van der Waals surface area contributed by atoms with E-state index in [1.807, 2.05) is 0 Å². The highest BCUT2D eigenvalue weighted by atomic mass is 16.5. The molecule has 1 aliphatic carbocycles. The summed E-state index contributed by atoms with van der Waals surface area (Å²) in [6.07, 6.45) is 0.319. The van der Waals surface area contributed by atoms with E-state index in [0.29, 0.717) is 12.8 Å². The number of alkyl carbamates (subject to hydrolysis) is 1. The van der Waals surface area contributed by atoms with Gasteiger partial charge in [0.15, 0.2) is 0 Å². The second kappa shape index (κ2) is 3.00. The summed E-state index contributed by atoms with van der Waals surface area (Å²) in [5.41, 5.74) is -1.04. The van der Waals surface area contributed by atoms with Crippen molar-refractivity contribution in [3.8, 4) is 0 Å². The molecule has 1 fully saturated rings. The largest absolute Gasteiger partial charge is 0.480 e. The van der Waals surface area contributed by atoms with Crippen molar-refractivity contribution in [2.45, 2.75) is 25.3 Å². The lowest BCUT2D eigenvalue weighted by atomic mass is 10.3. The highest BCUT2D eigenvalue weighted by molar-refractivity contribution is 5.87. The summed E-state index contributed by atoms with van der Waals surface area (Å²) in [4.78, 5) is 21.4. The summed E-state index contributed by atoms with van der Waals surface area (Å²) in [6, 6.07) is 0. The van der Waals surface area contributed by atoms with Crippen molar-refractivity contribution in [2.75, 3.05) is 6.61 Å². The minimum atomic E-state index is -1.04. The van der Waals surface area contributed by atoms with Crippen molar-refractivity contribution in [2.24, 2.45) is 0 Å². The Bertz CT molecular complexity index is 209.